The van der Waals surface area contributed by atoms with Gasteiger partial charge in [0.2, 0.25) is 5.91 Å². The molecule has 1 amide bonds. The molecular formula is C14H24N2O2. The van der Waals surface area contributed by atoms with Crippen LogP contribution in [0.3, 0.4) is 0 Å². The summed E-state index contributed by atoms with van der Waals surface area (Å²) in [4.78, 5) is 16.7. The van der Waals surface area contributed by atoms with Crippen LogP contribution in [0, 0.1) is 0 Å². The monoisotopic (exact) mass is 252 g/mol. The molecule has 3 heterocycles. The molecule has 0 bridgehead atoms. The van der Waals surface area contributed by atoms with Crippen LogP contribution >= 0.6 is 0 Å². The topological polar surface area (TPSA) is 32.8 Å². The number of amides is 1. The predicted octanol–water partition coefficient (Wildman–Crippen LogP) is 1.25. The van der Waals surface area contributed by atoms with E-state index >= 15 is 0 Å². The maximum Gasteiger partial charge on any atom is 0.222 e. The Morgan fingerprint density at radius 1 is 1.22 bits per heavy atom. The molecule has 0 aromatic heterocycles. The van der Waals surface area contributed by atoms with Crippen LogP contribution in [0.15, 0.2) is 0 Å². The maximum atomic E-state index is 12.0. The maximum absolute atomic E-state index is 12.0. The van der Waals surface area contributed by atoms with E-state index in [0.29, 0.717) is 24.0 Å². The van der Waals surface area contributed by atoms with E-state index in [0.717, 1.165) is 32.6 Å². The van der Waals surface area contributed by atoms with Crippen molar-refractivity contribution in [3.8, 4) is 0 Å². The smallest absolute Gasteiger partial charge is 0.222 e. The van der Waals surface area contributed by atoms with Crippen LogP contribution in [0.4, 0.5) is 0 Å². The zero-order chi connectivity index (χ0) is 12.5. The Kier molecular flexibility index (Phi) is 3.57. The van der Waals surface area contributed by atoms with Crippen molar-refractivity contribution in [1.82, 2.24) is 9.80 Å². The number of rotatable bonds is 2. The van der Waals surface area contributed by atoms with Gasteiger partial charge in [-0.1, -0.05) is 0 Å². The van der Waals surface area contributed by atoms with Crippen LogP contribution in [0.2, 0.25) is 0 Å². The fraction of sp³-hybridized carbons (Fsp3) is 0.929. The number of ether oxygens (including phenoxy) is 1. The zero-order valence-electron chi connectivity index (χ0n) is 11.3. The Morgan fingerprint density at radius 3 is 2.78 bits per heavy atom. The van der Waals surface area contributed by atoms with E-state index in [-0.39, 0.29) is 0 Å². The van der Waals surface area contributed by atoms with Crippen LogP contribution in [0.5, 0.6) is 0 Å². The summed E-state index contributed by atoms with van der Waals surface area (Å²) in [6.45, 7) is 2.77. The lowest BCUT2D eigenvalue weighted by Crippen LogP contribution is -2.53. The molecule has 18 heavy (non-hydrogen) atoms. The van der Waals surface area contributed by atoms with Crippen LogP contribution in [0.25, 0.3) is 0 Å². The van der Waals surface area contributed by atoms with E-state index in [4.69, 9.17) is 4.74 Å². The van der Waals surface area contributed by atoms with Crippen molar-refractivity contribution < 1.29 is 9.53 Å². The third-order valence-corrected chi connectivity index (χ3v) is 4.94. The fourth-order valence-corrected chi connectivity index (χ4v) is 3.60. The molecule has 0 radical (unpaired) electrons. The Bertz CT molecular complexity index is 317. The summed E-state index contributed by atoms with van der Waals surface area (Å²) < 4.78 is 5.30. The van der Waals surface area contributed by atoms with Gasteiger partial charge in [-0.05, 0) is 39.2 Å². The van der Waals surface area contributed by atoms with Crippen molar-refractivity contribution >= 4 is 5.91 Å². The van der Waals surface area contributed by atoms with Crippen LogP contribution in [-0.4, -0.2) is 60.6 Å². The average molecular weight is 252 g/mol. The number of carbonyl (C=O) groups excluding carboxylic acids is 1. The molecule has 3 rings (SSSR count). The lowest BCUT2D eigenvalue weighted by Gasteiger charge is -2.42. The summed E-state index contributed by atoms with van der Waals surface area (Å²) in [7, 11) is 2.24. The molecule has 3 aliphatic rings. The fourth-order valence-electron chi connectivity index (χ4n) is 3.60. The van der Waals surface area contributed by atoms with Crippen LogP contribution in [0.1, 0.15) is 38.5 Å². The number of hydrogen-bond donors (Lipinski definition) is 0. The van der Waals surface area contributed by atoms with Gasteiger partial charge in [0.05, 0.1) is 19.3 Å². The van der Waals surface area contributed by atoms with E-state index < -0.39 is 0 Å². The van der Waals surface area contributed by atoms with E-state index in [1.165, 1.54) is 25.7 Å². The predicted molar refractivity (Wildman–Crippen MR) is 69.4 cm³/mol. The highest BCUT2D eigenvalue weighted by Crippen LogP contribution is 2.29. The molecular weight excluding hydrogens is 228 g/mol. The average Bonchev–Trinajstić information content (AvgIpc) is 2.70. The van der Waals surface area contributed by atoms with Crippen molar-refractivity contribution in [1.29, 1.82) is 0 Å². The molecule has 102 valence electrons. The molecule has 1 unspecified atom stereocenters. The third kappa shape index (κ3) is 2.28. The Hall–Kier alpha value is -0.610. The highest BCUT2D eigenvalue weighted by Gasteiger charge is 2.36. The van der Waals surface area contributed by atoms with E-state index in [9.17, 15) is 4.79 Å². The minimum absolute atomic E-state index is 0.394. The van der Waals surface area contributed by atoms with Crippen molar-refractivity contribution in [2.75, 3.05) is 26.8 Å². The first kappa shape index (κ1) is 12.4. The van der Waals surface area contributed by atoms with Crippen LogP contribution < -0.4 is 0 Å². The summed E-state index contributed by atoms with van der Waals surface area (Å²) in [6, 6.07) is 1.75. The molecule has 0 aliphatic carbocycles. The molecule has 0 aromatic carbocycles. The summed E-state index contributed by atoms with van der Waals surface area (Å²) >= 11 is 0. The molecule has 4 nitrogen and oxygen atoms in total. The summed E-state index contributed by atoms with van der Waals surface area (Å²) in [6.07, 6.45) is 6.53. The van der Waals surface area contributed by atoms with Crippen molar-refractivity contribution in [2.24, 2.45) is 0 Å². The third-order valence-electron chi connectivity index (χ3n) is 4.94. The van der Waals surface area contributed by atoms with Gasteiger partial charge in [0.15, 0.2) is 0 Å². The van der Waals surface area contributed by atoms with Gasteiger partial charge in [-0.25, -0.2) is 0 Å². The van der Waals surface area contributed by atoms with Gasteiger partial charge in [0, 0.05) is 25.0 Å². The molecule has 3 saturated heterocycles. The number of nitrogens with zero attached hydrogens (tertiary/aromatic N) is 2. The summed E-state index contributed by atoms with van der Waals surface area (Å²) in [5.74, 6) is 0.394. The second-order valence-corrected chi connectivity index (χ2v) is 6.02. The van der Waals surface area contributed by atoms with Gasteiger partial charge in [0.1, 0.15) is 0 Å². The Morgan fingerprint density at radius 2 is 2.06 bits per heavy atom. The lowest BCUT2D eigenvalue weighted by molar-refractivity contribution is -0.134. The lowest BCUT2D eigenvalue weighted by atomic mass is 9.94. The van der Waals surface area contributed by atoms with E-state index in [1.807, 2.05) is 0 Å². The normalized spacial score (nSPS) is 34.1. The minimum Gasteiger partial charge on any atom is -0.378 e. The Labute approximate surface area is 109 Å². The Balaban J connectivity index is 1.66. The molecule has 3 fully saturated rings. The zero-order valence-corrected chi connectivity index (χ0v) is 11.3. The van der Waals surface area contributed by atoms with Gasteiger partial charge in [0.25, 0.3) is 0 Å². The van der Waals surface area contributed by atoms with Gasteiger partial charge >= 0.3 is 0 Å². The standard InChI is InChI=1S/C14H24N2O2/c1-15(13-9-18-10-13)11-4-2-6-14(17)16-7-3-5-12(16)8-11/h11-13H,2-10H2,1H3/t11?,12-/m1/s1. The van der Waals surface area contributed by atoms with Gasteiger partial charge in [-0.3, -0.25) is 9.69 Å². The number of carbonyl (C=O) groups is 1. The highest BCUT2D eigenvalue weighted by molar-refractivity contribution is 5.76. The van der Waals surface area contributed by atoms with Crippen molar-refractivity contribution in [3.05, 3.63) is 0 Å². The molecule has 0 spiro atoms. The molecule has 0 N–H and O–H groups in total. The number of fused-ring (bicyclic) bond motifs is 1. The first-order valence-corrected chi connectivity index (χ1v) is 7.35. The number of likely N-dealkylation sites (N-methyl/N-ethyl adjacent to an activating group) is 1. The molecule has 4 heteroatoms. The van der Waals surface area contributed by atoms with E-state index in [1.54, 1.807) is 0 Å². The van der Waals surface area contributed by atoms with Crippen molar-refractivity contribution in [2.45, 2.75) is 56.7 Å². The molecule has 0 saturated carbocycles. The van der Waals surface area contributed by atoms with Crippen molar-refractivity contribution in [3.63, 3.8) is 0 Å². The second kappa shape index (κ2) is 5.17. The first-order chi connectivity index (χ1) is 8.75. The van der Waals surface area contributed by atoms with E-state index in [2.05, 4.69) is 16.8 Å². The first-order valence-electron chi connectivity index (χ1n) is 7.35. The van der Waals surface area contributed by atoms with Gasteiger partial charge in [-0.2, -0.15) is 0 Å². The largest absolute Gasteiger partial charge is 0.378 e. The minimum atomic E-state index is 0.394. The second-order valence-electron chi connectivity index (χ2n) is 6.02. The van der Waals surface area contributed by atoms with Crippen LogP contribution in [-0.2, 0) is 9.53 Å². The summed E-state index contributed by atoms with van der Waals surface area (Å²) in [5, 5.41) is 0. The molecule has 2 atom stereocenters. The quantitative estimate of drug-likeness (QED) is 0.741. The molecule has 0 aromatic rings. The highest BCUT2D eigenvalue weighted by atomic mass is 16.5. The number of hydrogen-bond acceptors (Lipinski definition) is 3. The van der Waals surface area contributed by atoms with Gasteiger partial charge < -0.3 is 9.64 Å². The summed E-state index contributed by atoms with van der Waals surface area (Å²) in [5.41, 5.74) is 0. The molecule has 3 aliphatic heterocycles. The van der Waals surface area contributed by atoms with Gasteiger partial charge in [-0.15, -0.1) is 0 Å². The SMILES string of the molecule is CN(C1COC1)C1CCCC(=O)N2CCC[C@@H]2C1.